The third kappa shape index (κ3) is 1.82. The molecule has 0 aliphatic rings. The topological polar surface area (TPSA) is 34.2 Å². The summed E-state index contributed by atoms with van der Waals surface area (Å²) >= 11 is 0. The van der Waals surface area contributed by atoms with E-state index in [0.717, 1.165) is 16.6 Å². The van der Waals surface area contributed by atoms with Gasteiger partial charge in [0.15, 0.2) is 0 Å². The van der Waals surface area contributed by atoms with E-state index in [1.807, 2.05) is 38.7 Å². The highest BCUT2D eigenvalue weighted by Gasteiger charge is 2.22. The molecule has 1 heterocycles. The summed E-state index contributed by atoms with van der Waals surface area (Å²) in [7, 11) is 5.89. The summed E-state index contributed by atoms with van der Waals surface area (Å²) in [5.41, 5.74) is 8.72. The van der Waals surface area contributed by atoms with E-state index in [0.29, 0.717) is 12.1 Å². The van der Waals surface area contributed by atoms with Crippen LogP contribution in [-0.4, -0.2) is 30.1 Å². The number of nitrogens with two attached hydrogens (primary N) is 1. The van der Waals surface area contributed by atoms with Gasteiger partial charge >= 0.3 is 0 Å². The number of hydrogen-bond donors (Lipinski definition) is 1. The van der Waals surface area contributed by atoms with E-state index >= 15 is 0 Å². The van der Waals surface area contributed by atoms with E-state index in [9.17, 15) is 4.39 Å². The molecule has 0 saturated heterocycles. The highest BCUT2D eigenvalue weighted by Crippen LogP contribution is 2.32. The maximum absolute atomic E-state index is 13.9. The highest BCUT2D eigenvalue weighted by molar-refractivity contribution is 5.86. The minimum Gasteiger partial charge on any atom is -0.345 e. The lowest BCUT2D eigenvalue weighted by Crippen LogP contribution is -2.27. The summed E-state index contributed by atoms with van der Waals surface area (Å²) in [4.78, 5) is 2.08. The number of halogens is 1. The standard InChI is InChI=1S/C14H20FN3/c1-9-13(12(8-16)17(2)3)10-6-5-7-11(15)14(10)18(9)4/h5-7,12H,8,16H2,1-4H3. The van der Waals surface area contributed by atoms with Gasteiger partial charge in [0.25, 0.3) is 0 Å². The van der Waals surface area contributed by atoms with Gasteiger partial charge in [0, 0.05) is 30.7 Å². The summed E-state index contributed by atoms with van der Waals surface area (Å²) < 4.78 is 15.9. The average Bonchev–Trinajstić information content (AvgIpc) is 2.56. The van der Waals surface area contributed by atoms with Crippen LogP contribution in [0.5, 0.6) is 0 Å². The molecule has 0 bridgehead atoms. The van der Waals surface area contributed by atoms with Crippen molar-refractivity contribution in [2.75, 3.05) is 20.6 Å². The summed E-state index contributed by atoms with van der Waals surface area (Å²) in [6, 6.07) is 5.32. The van der Waals surface area contributed by atoms with E-state index < -0.39 is 0 Å². The number of benzene rings is 1. The lowest BCUT2D eigenvalue weighted by Gasteiger charge is -2.23. The van der Waals surface area contributed by atoms with Crippen molar-refractivity contribution in [2.45, 2.75) is 13.0 Å². The molecule has 4 heteroatoms. The Morgan fingerprint density at radius 3 is 2.61 bits per heavy atom. The van der Waals surface area contributed by atoms with Gasteiger partial charge in [-0.15, -0.1) is 0 Å². The molecule has 1 atom stereocenters. The molecule has 3 nitrogen and oxygen atoms in total. The molecule has 1 aromatic heterocycles. The summed E-state index contributed by atoms with van der Waals surface area (Å²) in [6.45, 7) is 2.53. The van der Waals surface area contributed by atoms with Gasteiger partial charge in [-0.05, 0) is 32.6 Å². The lowest BCUT2D eigenvalue weighted by atomic mass is 10.0. The summed E-state index contributed by atoms with van der Waals surface area (Å²) in [5.74, 6) is -0.182. The lowest BCUT2D eigenvalue weighted by molar-refractivity contribution is 0.306. The molecule has 18 heavy (non-hydrogen) atoms. The molecule has 0 spiro atoms. The Kier molecular flexibility index (Phi) is 3.41. The van der Waals surface area contributed by atoms with E-state index in [1.165, 1.54) is 6.07 Å². The second-order valence-electron chi connectivity index (χ2n) is 4.91. The molecule has 0 aliphatic carbocycles. The fraction of sp³-hybridized carbons (Fsp3) is 0.429. The minimum absolute atomic E-state index is 0.107. The van der Waals surface area contributed by atoms with Crippen molar-refractivity contribution in [1.82, 2.24) is 9.47 Å². The quantitative estimate of drug-likeness (QED) is 0.904. The molecule has 0 radical (unpaired) electrons. The predicted molar refractivity (Wildman–Crippen MR) is 73.1 cm³/mol. The average molecular weight is 249 g/mol. The van der Waals surface area contributed by atoms with E-state index in [4.69, 9.17) is 5.73 Å². The number of para-hydroxylation sites is 1. The van der Waals surface area contributed by atoms with Crippen LogP contribution in [0.2, 0.25) is 0 Å². The first kappa shape index (κ1) is 13.1. The van der Waals surface area contributed by atoms with Crippen LogP contribution >= 0.6 is 0 Å². The zero-order valence-corrected chi connectivity index (χ0v) is 11.4. The third-order valence-electron chi connectivity index (χ3n) is 3.69. The Balaban J connectivity index is 2.79. The van der Waals surface area contributed by atoms with Crippen molar-refractivity contribution in [3.63, 3.8) is 0 Å². The van der Waals surface area contributed by atoms with Crippen LogP contribution in [0.25, 0.3) is 10.9 Å². The van der Waals surface area contributed by atoms with Crippen molar-refractivity contribution in [3.05, 3.63) is 35.3 Å². The second kappa shape index (κ2) is 4.71. The van der Waals surface area contributed by atoms with Crippen LogP contribution in [-0.2, 0) is 7.05 Å². The van der Waals surface area contributed by atoms with Crippen LogP contribution < -0.4 is 5.73 Å². The number of fused-ring (bicyclic) bond motifs is 1. The maximum atomic E-state index is 13.9. The molecule has 0 amide bonds. The Labute approximate surface area is 107 Å². The van der Waals surface area contributed by atoms with E-state index in [1.54, 1.807) is 6.07 Å². The van der Waals surface area contributed by atoms with Gasteiger partial charge in [-0.2, -0.15) is 0 Å². The van der Waals surface area contributed by atoms with Crippen molar-refractivity contribution in [3.8, 4) is 0 Å². The molecule has 2 aromatic rings. The number of hydrogen-bond acceptors (Lipinski definition) is 2. The SMILES string of the molecule is Cc1c(C(CN)N(C)C)c2cccc(F)c2n1C. The molecular weight excluding hydrogens is 229 g/mol. The van der Waals surface area contributed by atoms with Gasteiger partial charge in [-0.1, -0.05) is 12.1 Å². The first-order valence-electron chi connectivity index (χ1n) is 6.09. The van der Waals surface area contributed by atoms with Crippen molar-refractivity contribution in [1.29, 1.82) is 0 Å². The summed E-state index contributed by atoms with van der Waals surface area (Å²) in [6.07, 6.45) is 0. The van der Waals surface area contributed by atoms with E-state index in [-0.39, 0.29) is 11.9 Å². The normalized spacial score (nSPS) is 13.5. The molecule has 0 aliphatic heterocycles. The van der Waals surface area contributed by atoms with Gasteiger partial charge < -0.3 is 15.2 Å². The molecule has 2 N–H and O–H groups in total. The fourth-order valence-corrected chi connectivity index (χ4v) is 2.62. The number of aromatic nitrogens is 1. The minimum atomic E-state index is -0.182. The first-order valence-corrected chi connectivity index (χ1v) is 6.09. The van der Waals surface area contributed by atoms with Crippen molar-refractivity contribution < 1.29 is 4.39 Å². The molecule has 1 unspecified atom stereocenters. The second-order valence-corrected chi connectivity index (χ2v) is 4.91. The number of rotatable bonds is 3. The largest absolute Gasteiger partial charge is 0.345 e. The van der Waals surface area contributed by atoms with E-state index in [2.05, 4.69) is 4.90 Å². The summed E-state index contributed by atoms with van der Waals surface area (Å²) in [5, 5.41) is 0.958. The Morgan fingerprint density at radius 1 is 1.39 bits per heavy atom. The third-order valence-corrected chi connectivity index (χ3v) is 3.69. The highest BCUT2D eigenvalue weighted by atomic mass is 19.1. The molecule has 0 saturated carbocycles. The molecule has 0 fully saturated rings. The number of likely N-dealkylation sites (N-methyl/N-ethyl adjacent to an activating group) is 1. The maximum Gasteiger partial charge on any atom is 0.147 e. The van der Waals surface area contributed by atoms with Gasteiger partial charge in [-0.3, -0.25) is 0 Å². The predicted octanol–water partition coefficient (Wildman–Crippen LogP) is 2.19. The molecule has 1 aromatic carbocycles. The fourth-order valence-electron chi connectivity index (χ4n) is 2.62. The molecule has 2 rings (SSSR count). The van der Waals surface area contributed by atoms with Crippen LogP contribution in [0.3, 0.4) is 0 Å². The van der Waals surface area contributed by atoms with Gasteiger partial charge in [0.05, 0.1) is 5.52 Å². The zero-order valence-electron chi connectivity index (χ0n) is 11.4. The monoisotopic (exact) mass is 249 g/mol. The Morgan fingerprint density at radius 2 is 2.06 bits per heavy atom. The van der Waals surface area contributed by atoms with Crippen LogP contribution in [0.4, 0.5) is 4.39 Å². The van der Waals surface area contributed by atoms with Crippen LogP contribution in [0.1, 0.15) is 17.3 Å². The van der Waals surface area contributed by atoms with Crippen molar-refractivity contribution >= 4 is 10.9 Å². The zero-order chi connectivity index (χ0) is 13.4. The Hall–Kier alpha value is -1.39. The number of aryl methyl sites for hydroxylation is 1. The van der Waals surface area contributed by atoms with Crippen LogP contribution in [0.15, 0.2) is 18.2 Å². The van der Waals surface area contributed by atoms with Crippen molar-refractivity contribution in [2.24, 2.45) is 12.8 Å². The smallest absolute Gasteiger partial charge is 0.147 e. The van der Waals surface area contributed by atoms with Gasteiger partial charge in [0.2, 0.25) is 0 Å². The van der Waals surface area contributed by atoms with Gasteiger partial charge in [0.1, 0.15) is 5.82 Å². The van der Waals surface area contributed by atoms with Gasteiger partial charge in [-0.25, -0.2) is 4.39 Å². The van der Waals surface area contributed by atoms with Crippen LogP contribution in [0, 0.1) is 12.7 Å². The first-order chi connectivity index (χ1) is 8.49. The Bertz CT molecular complexity index is 572. The molecule has 98 valence electrons. The number of nitrogens with zero attached hydrogens (tertiary/aromatic N) is 2. The molecular formula is C14H20FN3.